The van der Waals surface area contributed by atoms with Crippen molar-refractivity contribution in [1.29, 1.82) is 0 Å². The van der Waals surface area contributed by atoms with Crippen LogP contribution in [0, 0.1) is 0 Å². The number of thiophene rings is 1. The Kier molecular flexibility index (Phi) is 7.01. The molecule has 2 rings (SSSR count). The predicted octanol–water partition coefficient (Wildman–Crippen LogP) is 3.43. The third kappa shape index (κ3) is 4.87. The predicted molar refractivity (Wildman–Crippen MR) is 85.5 cm³/mol. The largest absolute Gasteiger partial charge is 0.382 e. The quantitative estimate of drug-likeness (QED) is 0.681. The van der Waals surface area contributed by atoms with Crippen molar-refractivity contribution in [3.63, 3.8) is 0 Å². The fourth-order valence-corrected chi connectivity index (χ4v) is 3.05. The summed E-state index contributed by atoms with van der Waals surface area (Å²) >= 11 is 1.82. The molecule has 1 heterocycles. The third-order valence-corrected chi connectivity index (χ3v) is 4.21. The van der Waals surface area contributed by atoms with Crippen molar-refractivity contribution >= 4 is 21.4 Å². The summed E-state index contributed by atoms with van der Waals surface area (Å²) in [6.45, 7) is 4.20. The van der Waals surface area contributed by atoms with E-state index in [9.17, 15) is 0 Å². The Morgan fingerprint density at radius 1 is 1.10 bits per heavy atom. The van der Waals surface area contributed by atoms with Crippen molar-refractivity contribution < 1.29 is 9.47 Å². The molecule has 0 atom stereocenters. The van der Waals surface area contributed by atoms with E-state index in [0.29, 0.717) is 13.2 Å². The van der Waals surface area contributed by atoms with Gasteiger partial charge in [-0.25, -0.2) is 0 Å². The van der Waals surface area contributed by atoms with Gasteiger partial charge in [-0.3, -0.25) is 0 Å². The molecule has 2 aromatic rings. The number of methoxy groups -OCH3 is 1. The first-order valence-corrected chi connectivity index (χ1v) is 8.02. The van der Waals surface area contributed by atoms with Gasteiger partial charge in [0.05, 0.1) is 13.2 Å². The van der Waals surface area contributed by atoms with Crippen LogP contribution in [0.3, 0.4) is 0 Å². The van der Waals surface area contributed by atoms with E-state index in [2.05, 4.69) is 35.0 Å². The molecule has 0 saturated carbocycles. The summed E-state index contributed by atoms with van der Waals surface area (Å²) in [5.74, 6) is 0. The number of benzene rings is 1. The summed E-state index contributed by atoms with van der Waals surface area (Å²) in [6.07, 6.45) is 2.25. The summed E-state index contributed by atoms with van der Waals surface area (Å²) in [4.78, 5) is 0. The molecule has 0 aliphatic heterocycles. The number of unbranched alkanes of at least 4 members (excludes halogenated alkanes) is 1. The summed E-state index contributed by atoms with van der Waals surface area (Å²) < 4.78 is 11.7. The molecule has 1 aromatic carbocycles. The van der Waals surface area contributed by atoms with Gasteiger partial charge in [-0.1, -0.05) is 18.2 Å². The van der Waals surface area contributed by atoms with Gasteiger partial charge in [0, 0.05) is 25.0 Å². The average molecular weight is 293 g/mol. The Labute approximate surface area is 124 Å². The molecule has 3 nitrogen and oxygen atoms in total. The Morgan fingerprint density at radius 3 is 2.90 bits per heavy atom. The lowest BCUT2D eigenvalue weighted by Crippen LogP contribution is -2.15. The normalized spacial score (nSPS) is 11.2. The highest BCUT2D eigenvalue weighted by molar-refractivity contribution is 7.17. The molecule has 0 saturated heterocycles. The van der Waals surface area contributed by atoms with Crippen LogP contribution in [0.25, 0.3) is 10.1 Å². The van der Waals surface area contributed by atoms with Gasteiger partial charge in [0.15, 0.2) is 0 Å². The molecule has 20 heavy (non-hydrogen) atoms. The average Bonchev–Trinajstić information content (AvgIpc) is 2.89. The SMILES string of the molecule is COCCOCCCCNCc1csc2ccccc12. The van der Waals surface area contributed by atoms with Crippen molar-refractivity contribution in [2.24, 2.45) is 0 Å². The molecule has 0 radical (unpaired) electrons. The molecule has 0 unspecified atom stereocenters. The minimum absolute atomic E-state index is 0.684. The van der Waals surface area contributed by atoms with Crippen LogP contribution in [0.4, 0.5) is 0 Å². The minimum atomic E-state index is 0.684. The first kappa shape index (κ1) is 15.4. The van der Waals surface area contributed by atoms with E-state index in [1.807, 2.05) is 11.3 Å². The number of nitrogens with one attached hydrogen (secondary N) is 1. The molecule has 0 fully saturated rings. The lowest BCUT2D eigenvalue weighted by Gasteiger charge is -2.05. The second kappa shape index (κ2) is 9.08. The van der Waals surface area contributed by atoms with Gasteiger partial charge in [-0.2, -0.15) is 0 Å². The standard InChI is InChI=1S/C16H23NO2S/c1-18-10-11-19-9-5-4-8-17-12-14-13-20-16-7-3-2-6-15(14)16/h2-3,6-7,13,17H,4-5,8-12H2,1H3. The van der Waals surface area contributed by atoms with Crippen LogP contribution in [0.1, 0.15) is 18.4 Å². The molecule has 0 amide bonds. The fourth-order valence-electron chi connectivity index (χ4n) is 2.09. The molecule has 1 N–H and O–H groups in total. The zero-order valence-corrected chi connectivity index (χ0v) is 12.9. The Hall–Kier alpha value is -0.940. The van der Waals surface area contributed by atoms with Crippen LogP contribution < -0.4 is 5.32 Å². The molecule has 0 spiro atoms. The molecule has 4 heteroatoms. The summed E-state index contributed by atoms with van der Waals surface area (Å²) in [6, 6.07) is 8.59. The second-order valence-electron chi connectivity index (χ2n) is 4.75. The van der Waals surface area contributed by atoms with Crippen LogP contribution in [-0.4, -0.2) is 33.5 Å². The first-order chi connectivity index (χ1) is 9.92. The molecule has 110 valence electrons. The zero-order valence-electron chi connectivity index (χ0n) is 12.1. The molecular weight excluding hydrogens is 270 g/mol. The lowest BCUT2D eigenvalue weighted by molar-refractivity contribution is 0.0688. The molecule has 0 aliphatic carbocycles. The van der Waals surface area contributed by atoms with Crippen LogP contribution in [0.5, 0.6) is 0 Å². The highest BCUT2D eigenvalue weighted by Gasteiger charge is 2.02. The number of hydrogen-bond acceptors (Lipinski definition) is 4. The number of ether oxygens (including phenoxy) is 2. The van der Waals surface area contributed by atoms with Gasteiger partial charge >= 0.3 is 0 Å². The topological polar surface area (TPSA) is 30.5 Å². The summed E-state index contributed by atoms with van der Waals surface area (Å²) in [5.41, 5.74) is 1.40. The van der Waals surface area contributed by atoms with Gasteiger partial charge in [0.25, 0.3) is 0 Å². The zero-order chi connectivity index (χ0) is 14.0. The smallest absolute Gasteiger partial charge is 0.0700 e. The fraction of sp³-hybridized carbons (Fsp3) is 0.500. The van der Waals surface area contributed by atoms with Crippen LogP contribution in [-0.2, 0) is 16.0 Å². The maximum atomic E-state index is 5.43. The molecular formula is C16H23NO2S. The van der Waals surface area contributed by atoms with E-state index in [-0.39, 0.29) is 0 Å². The van der Waals surface area contributed by atoms with Gasteiger partial charge in [0.2, 0.25) is 0 Å². The maximum absolute atomic E-state index is 5.43. The van der Waals surface area contributed by atoms with Crippen LogP contribution >= 0.6 is 11.3 Å². The van der Waals surface area contributed by atoms with Crippen molar-refractivity contribution in [2.75, 3.05) is 33.5 Å². The maximum Gasteiger partial charge on any atom is 0.0700 e. The van der Waals surface area contributed by atoms with Crippen molar-refractivity contribution in [2.45, 2.75) is 19.4 Å². The van der Waals surface area contributed by atoms with E-state index < -0.39 is 0 Å². The Morgan fingerprint density at radius 2 is 2.00 bits per heavy atom. The molecule has 0 bridgehead atoms. The summed E-state index contributed by atoms with van der Waals surface area (Å²) in [7, 11) is 1.70. The van der Waals surface area contributed by atoms with Gasteiger partial charge in [-0.15, -0.1) is 11.3 Å². The third-order valence-electron chi connectivity index (χ3n) is 3.20. The van der Waals surface area contributed by atoms with E-state index in [1.165, 1.54) is 15.6 Å². The molecule has 0 aliphatic rings. The summed E-state index contributed by atoms with van der Waals surface area (Å²) in [5, 5.41) is 7.15. The van der Waals surface area contributed by atoms with E-state index in [0.717, 1.165) is 32.5 Å². The lowest BCUT2D eigenvalue weighted by atomic mass is 10.2. The Bertz CT molecular complexity index is 498. The number of hydrogen-bond donors (Lipinski definition) is 1. The van der Waals surface area contributed by atoms with Crippen LogP contribution in [0.15, 0.2) is 29.6 Å². The van der Waals surface area contributed by atoms with Crippen molar-refractivity contribution in [1.82, 2.24) is 5.32 Å². The van der Waals surface area contributed by atoms with Crippen molar-refractivity contribution in [3.8, 4) is 0 Å². The van der Waals surface area contributed by atoms with E-state index in [1.54, 1.807) is 7.11 Å². The minimum Gasteiger partial charge on any atom is -0.382 e. The second-order valence-corrected chi connectivity index (χ2v) is 5.66. The monoisotopic (exact) mass is 293 g/mol. The van der Waals surface area contributed by atoms with E-state index >= 15 is 0 Å². The highest BCUT2D eigenvalue weighted by atomic mass is 32.1. The Balaban J connectivity index is 1.57. The number of fused-ring (bicyclic) bond motifs is 1. The van der Waals surface area contributed by atoms with Gasteiger partial charge < -0.3 is 14.8 Å². The highest BCUT2D eigenvalue weighted by Crippen LogP contribution is 2.25. The van der Waals surface area contributed by atoms with Gasteiger partial charge in [0.1, 0.15) is 0 Å². The number of rotatable bonds is 10. The van der Waals surface area contributed by atoms with Gasteiger partial charge in [-0.05, 0) is 41.8 Å². The van der Waals surface area contributed by atoms with Crippen molar-refractivity contribution in [3.05, 3.63) is 35.2 Å². The first-order valence-electron chi connectivity index (χ1n) is 7.14. The van der Waals surface area contributed by atoms with Crippen LogP contribution in [0.2, 0.25) is 0 Å². The van der Waals surface area contributed by atoms with E-state index in [4.69, 9.17) is 9.47 Å². The molecule has 1 aromatic heterocycles.